The summed E-state index contributed by atoms with van der Waals surface area (Å²) in [6, 6.07) is 0. The van der Waals surface area contributed by atoms with E-state index >= 15 is 0 Å². The predicted octanol–water partition coefficient (Wildman–Crippen LogP) is -1.58. The third-order valence-electron chi connectivity index (χ3n) is 2.99. The van der Waals surface area contributed by atoms with E-state index < -0.39 is 36.8 Å². The number of nitrogens with one attached hydrogen (secondary N) is 1. The molecular formula is C11H14IN3O6. The van der Waals surface area contributed by atoms with Gasteiger partial charge >= 0.3 is 5.69 Å². The molecule has 2 rings (SSSR count). The monoisotopic (exact) mass is 411 g/mol. The molecule has 4 atom stereocenters. The summed E-state index contributed by atoms with van der Waals surface area (Å²) < 4.78 is 6.73. The number of aromatic nitrogens is 2. The largest absolute Gasteiger partial charge is 0.394 e. The first kappa shape index (κ1) is 16.3. The van der Waals surface area contributed by atoms with Gasteiger partial charge in [-0.1, -0.05) is 0 Å². The van der Waals surface area contributed by atoms with Gasteiger partial charge in [0, 0.05) is 13.1 Å². The van der Waals surface area contributed by atoms with Gasteiger partial charge in [-0.3, -0.25) is 9.36 Å². The Morgan fingerprint density at radius 3 is 2.71 bits per heavy atom. The molecule has 1 aromatic rings. The van der Waals surface area contributed by atoms with Crippen molar-refractivity contribution in [3.63, 3.8) is 0 Å². The molecule has 0 aromatic carbocycles. The van der Waals surface area contributed by atoms with Gasteiger partial charge in [0.25, 0.3) is 0 Å². The Kier molecular flexibility index (Phi) is 4.93. The average Bonchev–Trinajstić information content (AvgIpc) is 2.69. The second-order valence-corrected chi connectivity index (χ2v) is 5.70. The van der Waals surface area contributed by atoms with Crippen molar-refractivity contribution < 1.29 is 24.9 Å². The van der Waals surface area contributed by atoms with Gasteiger partial charge in [-0.25, -0.2) is 4.79 Å². The second kappa shape index (κ2) is 6.36. The van der Waals surface area contributed by atoms with Crippen LogP contribution in [0.3, 0.4) is 0 Å². The van der Waals surface area contributed by atoms with Gasteiger partial charge < -0.3 is 25.4 Å². The number of anilines is 1. The van der Waals surface area contributed by atoms with Crippen molar-refractivity contribution in [3.8, 4) is 0 Å². The molecule has 21 heavy (non-hydrogen) atoms. The van der Waals surface area contributed by atoms with Gasteiger partial charge in [-0.05, 0) is 22.6 Å². The van der Waals surface area contributed by atoms with Gasteiger partial charge in [0.05, 0.1) is 10.2 Å². The Balaban J connectivity index is 2.35. The molecule has 1 amide bonds. The second-order valence-electron chi connectivity index (χ2n) is 4.54. The first-order valence-electron chi connectivity index (χ1n) is 6.04. The summed E-state index contributed by atoms with van der Waals surface area (Å²) in [5.41, 5.74) is -0.756. The number of aliphatic hydroxyl groups is 3. The highest BCUT2D eigenvalue weighted by atomic mass is 127. The number of rotatable bonds is 3. The molecular weight excluding hydrogens is 397 g/mol. The molecule has 1 saturated heterocycles. The molecule has 1 aromatic heterocycles. The van der Waals surface area contributed by atoms with Crippen molar-refractivity contribution in [1.82, 2.24) is 9.55 Å². The smallest absolute Gasteiger partial charge is 0.351 e. The number of hydrogen-bond donors (Lipinski definition) is 4. The lowest BCUT2D eigenvalue weighted by Gasteiger charge is -2.18. The first-order chi connectivity index (χ1) is 9.85. The molecule has 1 fully saturated rings. The third-order valence-corrected chi connectivity index (χ3v) is 3.78. The molecule has 0 saturated carbocycles. The maximum Gasteiger partial charge on any atom is 0.351 e. The summed E-state index contributed by atoms with van der Waals surface area (Å²) in [7, 11) is 0. The van der Waals surface area contributed by atoms with Crippen LogP contribution in [0.25, 0.3) is 0 Å². The topological polar surface area (TPSA) is 134 Å². The minimum Gasteiger partial charge on any atom is -0.394 e. The molecule has 0 spiro atoms. The minimum absolute atomic E-state index is 0.107. The van der Waals surface area contributed by atoms with E-state index in [2.05, 4.69) is 10.3 Å². The van der Waals surface area contributed by atoms with E-state index in [0.717, 1.165) is 4.57 Å². The molecule has 0 radical (unpaired) electrons. The van der Waals surface area contributed by atoms with Crippen LogP contribution in [0.4, 0.5) is 5.82 Å². The molecule has 10 heteroatoms. The zero-order chi connectivity index (χ0) is 15.7. The summed E-state index contributed by atoms with van der Waals surface area (Å²) in [4.78, 5) is 26.7. The van der Waals surface area contributed by atoms with Crippen LogP contribution in [-0.4, -0.2) is 55.7 Å². The lowest BCUT2D eigenvalue weighted by atomic mass is 10.1. The fraction of sp³-hybridized carbons (Fsp3) is 0.545. The molecule has 1 aliphatic heterocycles. The van der Waals surface area contributed by atoms with Crippen LogP contribution in [-0.2, 0) is 9.53 Å². The third kappa shape index (κ3) is 3.23. The van der Waals surface area contributed by atoms with Crippen LogP contribution >= 0.6 is 22.6 Å². The van der Waals surface area contributed by atoms with Gasteiger partial charge in [0.15, 0.2) is 12.0 Å². The minimum atomic E-state index is -1.37. The Morgan fingerprint density at radius 2 is 2.19 bits per heavy atom. The number of amides is 1. The van der Waals surface area contributed by atoms with Crippen LogP contribution in [0.15, 0.2) is 11.0 Å². The Bertz CT molecular complexity index is 606. The normalized spacial score (nSPS) is 28.6. The maximum absolute atomic E-state index is 12.0. The molecule has 4 N–H and O–H groups in total. The highest BCUT2D eigenvalue weighted by Crippen LogP contribution is 2.28. The van der Waals surface area contributed by atoms with Gasteiger partial charge in [-0.15, -0.1) is 0 Å². The maximum atomic E-state index is 12.0. The summed E-state index contributed by atoms with van der Waals surface area (Å²) >= 11 is 1.86. The summed E-state index contributed by atoms with van der Waals surface area (Å²) in [5, 5.41) is 31.0. The van der Waals surface area contributed by atoms with E-state index in [1.165, 1.54) is 13.1 Å². The number of carbonyl (C=O) groups is 1. The lowest BCUT2D eigenvalue weighted by molar-refractivity contribution is -0.114. The van der Waals surface area contributed by atoms with Crippen molar-refractivity contribution in [2.24, 2.45) is 0 Å². The highest BCUT2D eigenvalue weighted by molar-refractivity contribution is 14.1. The molecule has 2 unspecified atom stereocenters. The van der Waals surface area contributed by atoms with Crippen molar-refractivity contribution >= 4 is 34.3 Å². The van der Waals surface area contributed by atoms with Crippen LogP contribution in [0, 0.1) is 3.57 Å². The lowest BCUT2D eigenvalue weighted by Crippen LogP contribution is -2.36. The van der Waals surface area contributed by atoms with Crippen LogP contribution in [0.2, 0.25) is 0 Å². The molecule has 0 aliphatic carbocycles. The van der Waals surface area contributed by atoms with E-state index in [1.54, 1.807) is 0 Å². The number of halogens is 1. The number of carbonyl (C=O) groups excluding carboxylic acids is 1. The Morgan fingerprint density at radius 1 is 1.52 bits per heavy atom. The van der Waals surface area contributed by atoms with E-state index in [4.69, 9.17) is 9.84 Å². The quantitative estimate of drug-likeness (QED) is 0.441. The van der Waals surface area contributed by atoms with Gasteiger partial charge in [0.2, 0.25) is 5.91 Å². The van der Waals surface area contributed by atoms with E-state index in [9.17, 15) is 19.8 Å². The van der Waals surface area contributed by atoms with E-state index in [0.29, 0.717) is 3.57 Å². The zero-order valence-electron chi connectivity index (χ0n) is 10.9. The Labute approximate surface area is 132 Å². The van der Waals surface area contributed by atoms with Crippen molar-refractivity contribution in [2.45, 2.75) is 31.5 Å². The summed E-state index contributed by atoms with van der Waals surface area (Å²) in [6.45, 7) is 0.799. The van der Waals surface area contributed by atoms with Gasteiger partial charge in [0.1, 0.15) is 18.3 Å². The first-order valence-corrected chi connectivity index (χ1v) is 7.11. The number of ether oxygens (including phenoxy) is 1. The Hall–Kier alpha value is -1.08. The average molecular weight is 411 g/mol. The van der Waals surface area contributed by atoms with Crippen LogP contribution < -0.4 is 11.0 Å². The summed E-state index contributed by atoms with van der Waals surface area (Å²) in [5.74, 6) is -0.262. The van der Waals surface area contributed by atoms with Crippen molar-refractivity contribution in [3.05, 3.63) is 20.3 Å². The molecule has 116 valence electrons. The van der Waals surface area contributed by atoms with Gasteiger partial charge in [-0.2, -0.15) is 4.98 Å². The predicted molar refractivity (Wildman–Crippen MR) is 78.5 cm³/mol. The van der Waals surface area contributed by atoms with E-state index in [-0.39, 0.29) is 11.7 Å². The fourth-order valence-electron chi connectivity index (χ4n) is 1.99. The summed E-state index contributed by atoms with van der Waals surface area (Å²) in [6.07, 6.45) is -3.47. The molecule has 9 nitrogen and oxygen atoms in total. The molecule has 2 heterocycles. The number of hydrogen-bond acceptors (Lipinski definition) is 7. The number of nitrogens with zero attached hydrogens (tertiary/aromatic N) is 2. The SMILES string of the molecule is CC(=O)Nc1nc(=O)n([C@@H]2O[C@H](CO)C(O)C2O)cc1I. The zero-order valence-corrected chi connectivity index (χ0v) is 13.1. The van der Waals surface area contributed by atoms with E-state index in [1.807, 2.05) is 22.6 Å². The van der Waals surface area contributed by atoms with Crippen molar-refractivity contribution in [2.75, 3.05) is 11.9 Å². The highest BCUT2D eigenvalue weighted by Gasteiger charge is 2.43. The van der Waals surface area contributed by atoms with Crippen molar-refractivity contribution in [1.29, 1.82) is 0 Å². The molecule has 1 aliphatic rings. The van der Waals surface area contributed by atoms with Crippen LogP contribution in [0.5, 0.6) is 0 Å². The fourth-order valence-corrected chi connectivity index (χ4v) is 2.55. The molecule has 0 bridgehead atoms. The van der Waals surface area contributed by atoms with Crippen LogP contribution in [0.1, 0.15) is 13.2 Å². The standard InChI is InChI=1S/C11H14IN3O6/c1-4(17)13-9-5(12)2-15(11(20)14-9)10-8(19)7(18)6(3-16)21-10/h2,6-8,10,16,18-19H,3H2,1H3,(H,13,14,17,20)/t6-,7?,8?,10-/m1/s1. The number of aliphatic hydroxyl groups excluding tert-OH is 3.